The van der Waals surface area contributed by atoms with Crippen LogP contribution in [0, 0.1) is 12.7 Å². The van der Waals surface area contributed by atoms with Crippen LogP contribution in [0.2, 0.25) is 0 Å². The van der Waals surface area contributed by atoms with Crippen molar-refractivity contribution in [2.75, 3.05) is 18.0 Å². The Morgan fingerprint density at radius 2 is 2.19 bits per heavy atom. The second-order valence-electron chi connectivity index (χ2n) is 5.41. The first-order valence-electron chi connectivity index (χ1n) is 7.26. The third-order valence-corrected chi connectivity index (χ3v) is 3.99. The third-order valence-electron chi connectivity index (χ3n) is 3.99. The van der Waals surface area contributed by atoms with Gasteiger partial charge in [-0.1, -0.05) is 12.1 Å². The van der Waals surface area contributed by atoms with Gasteiger partial charge in [-0.2, -0.15) is 0 Å². The number of hydrogen-bond acceptors (Lipinski definition) is 4. The summed E-state index contributed by atoms with van der Waals surface area (Å²) in [5.74, 6) is 0.383. The minimum atomic E-state index is -0.262. The molecule has 1 aliphatic rings. The number of benzene rings is 1. The van der Waals surface area contributed by atoms with Crippen LogP contribution >= 0.6 is 0 Å². The van der Waals surface area contributed by atoms with Gasteiger partial charge in [0.05, 0.1) is 5.69 Å². The van der Waals surface area contributed by atoms with E-state index < -0.39 is 0 Å². The second-order valence-corrected chi connectivity index (χ2v) is 5.41. The quantitative estimate of drug-likeness (QED) is 0.942. The molecule has 0 saturated carbocycles. The standard InChI is InChI=1S/C16H19FN4/c1-11-10-19-16(21-8-4-5-12(21)9-18)20-15(11)13-6-2-3-7-14(13)17/h2-3,6-7,10,12H,4-5,8-9,18H2,1H3. The lowest BCUT2D eigenvalue weighted by molar-refractivity contribution is 0.630. The van der Waals surface area contributed by atoms with Gasteiger partial charge in [0.1, 0.15) is 5.82 Å². The first-order valence-corrected chi connectivity index (χ1v) is 7.26. The molecule has 2 N–H and O–H groups in total. The van der Waals surface area contributed by atoms with Crippen LogP contribution in [-0.2, 0) is 0 Å². The van der Waals surface area contributed by atoms with E-state index in [4.69, 9.17) is 5.73 Å². The number of aromatic nitrogens is 2. The van der Waals surface area contributed by atoms with Crippen molar-refractivity contribution in [3.8, 4) is 11.3 Å². The SMILES string of the molecule is Cc1cnc(N2CCCC2CN)nc1-c1ccccc1F. The molecular formula is C16H19FN4. The molecule has 110 valence electrons. The Balaban J connectivity index is 2.03. The molecule has 1 aromatic carbocycles. The molecule has 2 heterocycles. The molecule has 1 aromatic heterocycles. The number of rotatable bonds is 3. The van der Waals surface area contributed by atoms with E-state index in [2.05, 4.69) is 14.9 Å². The molecule has 1 fully saturated rings. The second kappa shape index (κ2) is 5.77. The summed E-state index contributed by atoms with van der Waals surface area (Å²) in [6, 6.07) is 6.98. The van der Waals surface area contributed by atoms with Gasteiger partial charge in [0, 0.05) is 30.9 Å². The minimum Gasteiger partial charge on any atom is -0.337 e. The van der Waals surface area contributed by atoms with Crippen LogP contribution in [0.4, 0.5) is 10.3 Å². The molecule has 5 heteroatoms. The van der Waals surface area contributed by atoms with E-state index in [0.717, 1.165) is 24.9 Å². The van der Waals surface area contributed by atoms with Gasteiger partial charge in [0.25, 0.3) is 0 Å². The van der Waals surface area contributed by atoms with Gasteiger partial charge >= 0.3 is 0 Å². The largest absolute Gasteiger partial charge is 0.337 e. The van der Waals surface area contributed by atoms with Crippen LogP contribution in [0.3, 0.4) is 0 Å². The van der Waals surface area contributed by atoms with E-state index in [0.29, 0.717) is 23.8 Å². The maximum absolute atomic E-state index is 14.0. The van der Waals surface area contributed by atoms with Crippen LogP contribution in [0.1, 0.15) is 18.4 Å². The Morgan fingerprint density at radius 3 is 2.95 bits per heavy atom. The van der Waals surface area contributed by atoms with Crippen molar-refractivity contribution in [1.82, 2.24) is 9.97 Å². The van der Waals surface area contributed by atoms with Crippen molar-refractivity contribution in [2.24, 2.45) is 5.73 Å². The molecule has 1 unspecified atom stereocenters. The van der Waals surface area contributed by atoms with Gasteiger partial charge in [0.2, 0.25) is 5.95 Å². The molecule has 1 saturated heterocycles. The third kappa shape index (κ3) is 2.61. The molecule has 0 spiro atoms. The smallest absolute Gasteiger partial charge is 0.226 e. The van der Waals surface area contributed by atoms with E-state index in [1.54, 1.807) is 18.3 Å². The summed E-state index contributed by atoms with van der Waals surface area (Å²) < 4.78 is 14.0. The fourth-order valence-electron chi connectivity index (χ4n) is 2.84. The van der Waals surface area contributed by atoms with Crippen LogP contribution < -0.4 is 10.6 Å². The zero-order chi connectivity index (χ0) is 14.8. The molecular weight excluding hydrogens is 267 g/mol. The number of anilines is 1. The molecule has 0 aliphatic carbocycles. The summed E-state index contributed by atoms with van der Waals surface area (Å²) in [7, 11) is 0. The lowest BCUT2D eigenvalue weighted by atomic mass is 10.1. The highest BCUT2D eigenvalue weighted by Gasteiger charge is 2.26. The average Bonchev–Trinajstić information content (AvgIpc) is 2.97. The van der Waals surface area contributed by atoms with E-state index in [1.165, 1.54) is 6.07 Å². The number of nitrogens with two attached hydrogens (primary N) is 1. The maximum atomic E-state index is 14.0. The van der Waals surface area contributed by atoms with Crippen LogP contribution in [0.5, 0.6) is 0 Å². The Hall–Kier alpha value is -2.01. The number of nitrogens with zero attached hydrogens (tertiary/aromatic N) is 3. The highest BCUT2D eigenvalue weighted by Crippen LogP contribution is 2.28. The first-order chi connectivity index (χ1) is 10.2. The summed E-state index contributed by atoms with van der Waals surface area (Å²) in [4.78, 5) is 11.1. The van der Waals surface area contributed by atoms with Crippen molar-refractivity contribution >= 4 is 5.95 Å². The van der Waals surface area contributed by atoms with Crippen LogP contribution in [0.25, 0.3) is 11.3 Å². The zero-order valence-electron chi connectivity index (χ0n) is 12.1. The van der Waals surface area contributed by atoms with Crippen LogP contribution in [0.15, 0.2) is 30.5 Å². The lowest BCUT2D eigenvalue weighted by Crippen LogP contribution is -2.36. The Kier molecular flexibility index (Phi) is 3.84. The Labute approximate surface area is 123 Å². The van der Waals surface area contributed by atoms with Gasteiger partial charge in [-0.3, -0.25) is 0 Å². The summed E-state index contributed by atoms with van der Waals surface area (Å²) in [6.45, 7) is 3.39. The van der Waals surface area contributed by atoms with E-state index >= 15 is 0 Å². The lowest BCUT2D eigenvalue weighted by Gasteiger charge is -2.24. The molecule has 0 bridgehead atoms. The van der Waals surface area contributed by atoms with Gasteiger partial charge in [-0.15, -0.1) is 0 Å². The highest BCUT2D eigenvalue weighted by atomic mass is 19.1. The van der Waals surface area contributed by atoms with Crippen LogP contribution in [-0.4, -0.2) is 29.1 Å². The van der Waals surface area contributed by atoms with Crippen molar-refractivity contribution in [3.05, 3.63) is 41.8 Å². The van der Waals surface area contributed by atoms with Crippen molar-refractivity contribution in [2.45, 2.75) is 25.8 Å². The average molecular weight is 286 g/mol. The molecule has 2 aromatic rings. The first kappa shape index (κ1) is 13.9. The highest BCUT2D eigenvalue weighted by molar-refractivity contribution is 5.64. The fourth-order valence-corrected chi connectivity index (χ4v) is 2.84. The normalized spacial score (nSPS) is 18.2. The Morgan fingerprint density at radius 1 is 1.38 bits per heavy atom. The Bertz CT molecular complexity index is 644. The molecule has 1 aliphatic heterocycles. The summed E-state index contributed by atoms with van der Waals surface area (Å²) >= 11 is 0. The van der Waals surface area contributed by atoms with Crippen molar-refractivity contribution in [3.63, 3.8) is 0 Å². The molecule has 1 atom stereocenters. The molecule has 0 radical (unpaired) electrons. The fraction of sp³-hybridized carbons (Fsp3) is 0.375. The number of halogens is 1. The molecule has 0 amide bonds. The zero-order valence-corrected chi connectivity index (χ0v) is 12.1. The topological polar surface area (TPSA) is 55.0 Å². The monoisotopic (exact) mass is 286 g/mol. The minimum absolute atomic E-state index is 0.262. The van der Waals surface area contributed by atoms with E-state index in [1.807, 2.05) is 13.0 Å². The predicted octanol–water partition coefficient (Wildman–Crippen LogP) is 2.52. The van der Waals surface area contributed by atoms with E-state index in [-0.39, 0.29) is 11.9 Å². The predicted molar refractivity (Wildman–Crippen MR) is 81.6 cm³/mol. The van der Waals surface area contributed by atoms with Gasteiger partial charge < -0.3 is 10.6 Å². The van der Waals surface area contributed by atoms with Gasteiger partial charge in [-0.25, -0.2) is 14.4 Å². The van der Waals surface area contributed by atoms with Gasteiger partial charge in [0.15, 0.2) is 0 Å². The van der Waals surface area contributed by atoms with Crippen molar-refractivity contribution in [1.29, 1.82) is 0 Å². The summed E-state index contributed by atoms with van der Waals surface area (Å²) in [6.07, 6.45) is 3.91. The number of aryl methyl sites for hydroxylation is 1. The summed E-state index contributed by atoms with van der Waals surface area (Å²) in [5, 5.41) is 0. The number of hydrogen-bond donors (Lipinski definition) is 1. The van der Waals surface area contributed by atoms with Gasteiger partial charge in [-0.05, 0) is 37.5 Å². The summed E-state index contributed by atoms with van der Waals surface area (Å²) in [5.41, 5.74) is 7.84. The van der Waals surface area contributed by atoms with Crippen molar-refractivity contribution < 1.29 is 4.39 Å². The maximum Gasteiger partial charge on any atom is 0.226 e. The van der Waals surface area contributed by atoms with E-state index in [9.17, 15) is 4.39 Å². The molecule has 21 heavy (non-hydrogen) atoms. The molecule has 4 nitrogen and oxygen atoms in total. The molecule has 3 rings (SSSR count).